The van der Waals surface area contributed by atoms with Crippen molar-refractivity contribution in [3.63, 3.8) is 0 Å². The van der Waals surface area contributed by atoms with Gasteiger partial charge in [0.15, 0.2) is 11.9 Å². The molecule has 12 heteroatoms. The molecule has 0 bridgehead atoms. The van der Waals surface area contributed by atoms with Crippen LogP contribution in [0.15, 0.2) is 83.8 Å². The van der Waals surface area contributed by atoms with Crippen molar-refractivity contribution in [2.75, 3.05) is 31.6 Å². The molecule has 1 aliphatic heterocycles. The zero-order chi connectivity index (χ0) is 33.4. The van der Waals surface area contributed by atoms with Gasteiger partial charge in [-0.15, -0.1) is 0 Å². The minimum absolute atomic E-state index is 0.00669. The predicted octanol–water partition coefficient (Wildman–Crippen LogP) is 4.05. The lowest BCUT2D eigenvalue weighted by Gasteiger charge is -2.31. The molecule has 2 N–H and O–H groups in total. The molecule has 46 heavy (non-hydrogen) atoms. The van der Waals surface area contributed by atoms with Gasteiger partial charge in [-0.3, -0.25) is 14.5 Å². The van der Waals surface area contributed by atoms with Crippen LogP contribution in [0.2, 0.25) is 0 Å². The number of nitrogens with zero attached hydrogens (tertiary/aromatic N) is 2. The number of cyclic esters (lactones) is 1. The highest BCUT2D eigenvalue weighted by Crippen LogP contribution is 2.25. The van der Waals surface area contributed by atoms with Crippen molar-refractivity contribution in [3.05, 3.63) is 90.0 Å². The topological polar surface area (TPSA) is 143 Å². The van der Waals surface area contributed by atoms with Gasteiger partial charge in [-0.1, -0.05) is 62.7 Å². The fourth-order valence-electron chi connectivity index (χ4n) is 5.11. The zero-order valence-corrected chi connectivity index (χ0v) is 27.3. The van der Waals surface area contributed by atoms with Crippen molar-refractivity contribution in [2.24, 2.45) is 5.92 Å². The summed E-state index contributed by atoms with van der Waals surface area (Å²) >= 11 is 0. The minimum atomic E-state index is -4.03. The van der Waals surface area contributed by atoms with Crippen molar-refractivity contribution in [1.29, 1.82) is 0 Å². The van der Waals surface area contributed by atoms with Crippen molar-refractivity contribution in [3.8, 4) is 5.75 Å². The molecular formula is C34H41N3O8S. The third-order valence-electron chi connectivity index (χ3n) is 8.06. The number of ketones is 1. The van der Waals surface area contributed by atoms with E-state index in [1.807, 2.05) is 44.2 Å². The van der Waals surface area contributed by atoms with E-state index in [-0.39, 0.29) is 42.7 Å². The number of sulfonamides is 1. The molecule has 3 aromatic rings. The number of methoxy groups -OCH3 is 1. The first-order valence-corrected chi connectivity index (χ1v) is 16.6. The Kier molecular flexibility index (Phi) is 11.5. The number of carbonyl (C=O) groups is 3. The second-order valence-corrected chi connectivity index (χ2v) is 13.4. The molecule has 3 unspecified atom stereocenters. The van der Waals surface area contributed by atoms with Crippen LogP contribution < -0.4 is 15.0 Å². The van der Waals surface area contributed by atoms with Crippen LogP contribution in [-0.4, -0.2) is 80.6 Å². The van der Waals surface area contributed by atoms with E-state index in [1.54, 1.807) is 36.4 Å². The summed E-state index contributed by atoms with van der Waals surface area (Å²) < 4.78 is 39.4. The van der Waals surface area contributed by atoms with Crippen molar-refractivity contribution >= 4 is 33.5 Å². The van der Waals surface area contributed by atoms with Gasteiger partial charge >= 0.3 is 6.09 Å². The molecule has 0 aliphatic carbocycles. The summed E-state index contributed by atoms with van der Waals surface area (Å²) in [5, 5.41) is 14.4. The fraction of sp³-hybridized carbons (Fsp3) is 0.382. The highest BCUT2D eigenvalue weighted by Gasteiger charge is 2.39. The van der Waals surface area contributed by atoms with Crippen LogP contribution in [0.5, 0.6) is 5.75 Å². The van der Waals surface area contributed by atoms with E-state index in [2.05, 4.69) is 5.32 Å². The quantitative estimate of drug-likeness (QED) is 0.235. The molecule has 2 amide bonds. The number of ether oxygens (including phenoxy) is 2. The Balaban J connectivity index is 1.56. The highest BCUT2D eigenvalue weighted by atomic mass is 32.2. The van der Waals surface area contributed by atoms with Gasteiger partial charge in [0.05, 0.1) is 30.7 Å². The molecule has 246 valence electrons. The van der Waals surface area contributed by atoms with Crippen LogP contribution in [0, 0.1) is 5.92 Å². The Morgan fingerprint density at radius 2 is 1.76 bits per heavy atom. The van der Waals surface area contributed by atoms with Crippen LogP contribution in [-0.2, 0) is 26.0 Å². The van der Waals surface area contributed by atoms with Crippen LogP contribution in [0.4, 0.5) is 10.5 Å². The molecule has 3 aromatic carbocycles. The van der Waals surface area contributed by atoms with E-state index in [0.717, 1.165) is 5.56 Å². The summed E-state index contributed by atoms with van der Waals surface area (Å²) in [6.45, 7) is 5.07. The molecular weight excluding hydrogens is 610 g/mol. The monoisotopic (exact) mass is 651 g/mol. The van der Waals surface area contributed by atoms with E-state index < -0.39 is 40.3 Å². The third kappa shape index (κ3) is 8.51. The molecule has 1 fully saturated rings. The molecule has 0 spiro atoms. The average molecular weight is 652 g/mol. The number of hydrogen-bond acceptors (Lipinski definition) is 8. The lowest BCUT2D eigenvalue weighted by molar-refractivity contribution is -0.129. The molecule has 1 saturated heterocycles. The Labute approximate surface area is 270 Å². The Hall–Kier alpha value is -4.26. The molecule has 1 heterocycles. The van der Waals surface area contributed by atoms with Gasteiger partial charge in [-0.05, 0) is 61.2 Å². The Morgan fingerprint density at radius 1 is 1.07 bits per heavy atom. The first kappa shape index (κ1) is 34.6. The van der Waals surface area contributed by atoms with Crippen LogP contribution in [0.3, 0.4) is 0 Å². The average Bonchev–Trinajstić information content (AvgIpc) is 3.46. The molecule has 4 rings (SSSR count). The van der Waals surface area contributed by atoms with Crippen LogP contribution in [0.1, 0.15) is 43.1 Å². The summed E-state index contributed by atoms with van der Waals surface area (Å²) in [7, 11) is -2.53. The Bertz CT molecular complexity index is 1610. The van der Waals surface area contributed by atoms with E-state index >= 15 is 0 Å². The van der Waals surface area contributed by atoms with E-state index in [1.165, 1.54) is 35.4 Å². The number of aliphatic hydroxyl groups excluding tert-OH is 1. The van der Waals surface area contributed by atoms with Gasteiger partial charge in [0.1, 0.15) is 5.75 Å². The molecule has 0 saturated carbocycles. The zero-order valence-electron chi connectivity index (χ0n) is 26.5. The second kappa shape index (κ2) is 15.4. The number of Topliss-reactive ketones (excluding diaryl/α,β-unsaturated/α-hetero) is 1. The number of hydrogen-bond donors (Lipinski definition) is 2. The number of benzene rings is 3. The Morgan fingerprint density at radius 3 is 2.39 bits per heavy atom. The SMILES string of the molecule is CC[C@H](C)CN(CC(O)C(Cc1ccccc1)NC(=O)C1CN(c2cccc(C(C)=O)c2)C(=O)O1)S(=O)(=O)c1ccc(OC)cc1. The number of aliphatic hydroxyl groups is 1. The van der Waals surface area contributed by atoms with Crippen molar-refractivity contribution < 1.29 is 37.4 Å². The number of nitrogens with one attached hydrogen (secondary N) is 1. The van der Waals surface area contributed by atoms with Gasteiger partial charge in [-0.2, -0.15) is 4.31 Å². The number of rotatable bonds is 15. The second-order valence-electron chi connectivity index (χ2n) is 11.5. The third-order valence-corrected chi connectivity index (χ3v) is 9.91. The number of carbonyl (C=O) groups excluding carboxylic acids is 3. The van der Waals surface area contributed by atoms with Gasteiger partial charge in [0.25, 0.3) is 5.91 Å². The molecule has 0 radical (unpaired) electrons. The van der Waals surface area contributed by atoms with Crippen LogP contribution in [0.25, 0.3) is 0 Å². The summed E-state index contributed by atoms with van der Waals surface area (Å²) in [5.74, 6) is -0.300. The summed E-state index contributed by atoms with van der Waals surface area (Å²) in [6, 6.07) is 20.8. The van der Waals surface area contributed by atoms with Gasteiger partial charge in [-0.25, -0.2) is 13.2 Å². The first-order valence-electron chi connectivity index (χ1n) is 15.2. The smallest absolute Gasteiger partial charge is 0.415 e. The van der Waals surface area contributed by atoms with E-state index in [9.17, 15) is 27.9 Å². The van der Waals surface area contributed by atoms with E-state index in [4.69, 9.17) is 9.47 Å². The van der Waals surface area contributed by atoms with Crippen LogP contribution >= 0.6 is 0 Å². The molecule has 11 nitrogen and oxygen atoms in total. The fourth-order valence-corrected chi connectivity index (χ4v) is 6.69. The predicted molar refractivity (Wildman–Crippen MR) is 173 cm³/mol. The van der Waals surface area contributed by atoms with Gasteiger partial charge in [0.2, 0.25) is 10.0 Å². The maximum absolute atomic E-state index is 13.8. The summed E-state index contributed by atoms with van der Waals surface area (Å²) in [6.07, 6.45) is -2.35. The maximum atomic E-state index is 13.8. The normalized spacial score (nSPS) is 16.9. The lowest BCUT2D eigenvalue weighted by atomic mass is 10.0. The van der Waals surface area contributed by atoms with Crippen molar-refractivity contribution in [1.82, 2.24) is 9.62 Å². The summed E-state index contributed by atoms with van der Waals surface area (Å²) in [5.41, 5.74) is 1.64. The largest absolute Gasteiger partial charge is 0.497 e. The highest BCUT2D eigenvalue weighted by molar-refractivity contribution is 7.89. The molecule has 1 aliphatic rings. The first-order chi connectivity index (χ1) is 21.9. The number of amides is 2. The number of anilines is 1. The molecule has 4 atom stereocenters. The molecule has 0 aromatic heterocycles. The lowest BCUT2D eigenvalue weighted by Crippen LogP contribution is -2.53. The van der Waals surface area contributed by atoms with Crippen molar-refractivity contribution in [2.45, 2.75) is 56.8 Å². The standard InChI is InChI=1S/C34H41N3O8S/c1-5-23(2)20-36(46(42,43)29-16-14-28(44-4)15-17-29)21-31(39)30(18-25-10-7-6-8-11-25)35-33(40)32-22-37(34(41)45-32)27-13-9-12-26(19-27)24(3)38/h6-17,19,23,30-32,39H,5,18,20-22H2,1-4H3,(H,35,40)/t23-,30?,31?,32?/m0/s1. The minimum Gasteiger partial charge on any atom is -0.497 e. The summed E-state index contributed by atoms with van der Waals surface area (Å²) in [4.78, 5) is 39.4. The van der Waals surface area contributed by atoms with Gasteiger partial charge < -0.3 is 19.9 Å². The maximum Gasteiger partial charge on any atom is 0.415 e. The van der Waals surface area contributed by atoms with E-state index in [0.29, 0.717) is 23.4 Å². The van der Waals surface area contributed by atoms with Gasteiger partial charge in [0, 0.05) is 24.3 Å².